The molecule has 0 saturated carbocycles. The smallest absolute Gasteiger partial charge is 0.316 e. The Morgan fingerprint density at radius 1 is 1.08 bits per heavy atom. The molecule has 1 aliphatic rings. The molecule has 0 unspecified atom stereocenters. The van der Waals surface area contributed by atoms with Crippen molar-refractivity contribution in [2.45, 2.75) is 18.8 Å². The quantitative estimate of drug-likeness (QED) is 0.802. The molecule has 1 aliphatic heterocycles. The molecule has 1 saturated heterocycles. The van der Waals surface area contributed by atoms with Crippen LogP contribution in [0.25, 0.3) is 0 Å². The van der Waals surface area contributed by atoms with Crippen molar-refractivity contribution in [2.75, 3.05) is 18.4 Å². The zero-order valence-electron chi connectivity index (χ0n) is 13.8. The first kappa shape index (κ1) is 16.8. The summed E-state index contributed by atoms with van der Waals surface area (Å²) in [6.07, 6.45) is 1.77. The number of hydrogen-bond donors (Lipinski definition) is 3. The number of piperidine rings is 1. The van der Waals surface area contributed by atoms with Crippen LogP contribution in [0.2, 0.25) is 0 Å². The summed E-state index contributed by atoms with van der Waals surface area (Å²) in [5, 5.41) is 11.9. The number of anilines is 1. The van der Waals surface area contributed by atoms with Crippen molar-refractivity contribution in [3.8, 4) is 5.75 Å². The summed E-state index contributed by atoms with van der Waals surface area (Å²) in [6.45, 7) is 1.36. The Labute approximate surface area is 146 Å². The molecule has 1 heterocycles. The fraction of sp³-hybridized carbons (Fsp3) is 0.263. The maximum absolute atomic E-state index is 12.7. The van der Waals surface area contributed by atoms with E-state index in [-0.39, 0.29) is 11.7 Å². The Hall–Kier alpha value is -3.02. The number of hydrogen-bond acceptors (Lipinski definition) is 3. The minimum absolute atomic E-state index is 0.0442. The topological polar surface area (TPSA) is 95.7 Å². The van der Waals surface area contributed by atoms with Crippen molar-refractivity contribution >= 4 is 17.6 Å². The van der Waals surface area contributed by atoms with Crippen LogP contribution in [0.1, 0.15) is 34.7 Å². The Balaban J connectivity index is 1.63. The van der Waals surface area contributed by atoms with Crippen molar-refractivity contribution in [3.63, 3.8) is 0 Å². The zero-order chi connectivity index (χ0) is 17.8. The van der Waals surface area contributed by atoms with Gasteiger partial charge in [0.25, 0.3) is 5.91 Å². The van der Waals surface area contributed by atoms with Crippen LogP contribution in [-0.4, -0.2) is 35.0 Å². The monoisotopic (exact) mass is 339 g/mol. The molecule has 130 valence electrons. The van der Waals surface area contributed by atoms with Gasteiger partial charge in [0, 0.05) is 24.3 Å². The summed E-state index contributed by atoms with van der Waals surface area (Å²) in [5.74, 6) is 0.616. The molecule has 0 aromatic heterocycles. The van der Waals surface area contributed by atoms with E-state index < -0.39 is 6.03 Å². The molecule has 0 bridgehead atoms. The number of benzene rings is 2. The summed E-state index contributed by atoms with van der Waals surface area (Å²) in [6, 6.07) is 13.4. The second-order valence-corrected chi connectivity index (χ2v) is 6.23. The molecule has 4 N–H and O–H groups in total. The lowest BCUT2D eigenvalue weighted by Gasteiger charge is -2.32. The van der Waals surface area contributed by atoms with Gasteiger partial charge in [0.15, 0.2) is 0 Å². The first-order valence-corrected chi connectivity index (χ1v) is 8.27. The van der Waals surface area contributed by atoms with Crippen LogP contribution in [0.3, 0.4) is 0 Å². The van der Waals surface area contributed by atoms with Gasteiger partial charge in [-0.15, -0.1) is 0 Å². The number of aromatic hydroxyl groups is 1. The number of carbonyl (C=O) groups is 2. The number of likely N-dealkylation sites (tertiary alicyclic amines) is 1. The van der Waals surface area contributed by atoms with Crippen LogP contribution in [0.5, 0.6) is 5.75 Å². The van der Waals surface area contributed by atoms with E-state index in [9.17, 15) is 14.7 Å². The summed E-state index contributed by atoms with van der Waals surface area (Å²) < 4.78 is 0. The highest BCUT2D eigenvalue weighted by Crippen LogP contribution is 2.29. The molecule has 0 radical (unpaired) electrons. The van der Waals surface area contributed by atoms with Gasteiger partial charge in [-0.25, -0.2) is 4.79 Å². The molecule has 6 nitrogen and oxygen atoms in total. The van der Waals surface area contributed by atoms with E-state index in [0.29, 0.717) is 30.3 Å². The van der Waals surface area contributed by atoms with E-state index in [2.05, 4.69) is 5.32 Å². The summed E-state index contributed by atoms with van der Waals surface area (Å²) >= 11 is 0. The molecular formula is C19H21N3O3. The second-order valence-electron chi connectivity index (χ2n) is 6.23. The minimum atomic E-state index is -0.653. The number of phenolic OH excluding ortho intramolecular Hbond substituents is 1. The predicted molar refractivity (Wildman–Crippen MR) is 95.6 cm³/mol. The normalized spacial score (nSPS) is 15.0. The van der Waals surface area contributed by atoms with Gasteiger partial charge in [0.2, 0.25) is 0 Å². The Morgan fingerprint density at radius 2 is 1.76 bits per heavy atom. The fourth-order valence-electron chi connectivity index (χ4n) is 3.22. The van der Waals surface area contributed by atoms with Crippen LogP contribution in [0.15, 0.2) is 48.5 Å². The molecule has 0 aliphatic carbocycles. The molecule has 1 fully saturated rings. The molecule has 0 atom stereocenters. The van der Waals surface area contributed by atoms with Crippen molar-refractivity contribution in [2.24, 2.45) is 5.73 Å². The molecule has 25 heavy (non-hydrogen) atoms. The van der Waals surface area contributed by atoms with Crippen molar-refractivity contribution < 1.29 is 14.7 Å². The number of urea groups is 1. The maximum Gasteiger partial charge on any atom is 0.316 e. The maximum atomic E-state index is 12.7. The van der Waals surface area contributed by atoms with Gasteiger partial charge in [-0.1, -0.05) is 18.2 Å². The SMILES string of the molecule is NC(=O)Nc1cccc(C(=O)N2CCC(c3ccc(O)cc3)CC2)c1. The molecule has 3 rings (SSSR count). The second kappa shape index (κ2) is 7.25. The third-order valence-electron chi connectivity index (χ3n) is 4.52. The highest BCUT2D eigenvalue weighted by Gasteiger charge is 2.24. The number of phenols is 1. The first-order chi connectivity index (χ1) is 12.0. The van der Waals surface area contributed by atoms with Crippen LogP contribution in [0, 0.1) is 0 Å². The fourth-order valence-corrected chi connectivity index (χ4v) is 3.22. The molecular weight excluding hydrogens is 318 g/mol. The lowest BCUT2D eigenvalue weighted by Crippen LogP contribution is -2.38. The van der Waals surface area contributed by atoms with Gasteiger partial charge in [-0.05, 0) is 54.7 Å². The Kier molecular flexibility index (Phi) is 4.88. The van der Waals surface area contributed by atoms with E-state index in [4.69, 9.17) is 5.73 Å². The molecule has 2 aromatic carbocycles. The number of carbonyl (C=O) groups excluding carboxylic acids is 2. The van der Waals surface area contributed by atoms with E-state index in [1.54, 1.807) is 36.4 Å². The minimum Gasteiger partial charge on any atom is -0.508 e. The van der Waals surface area contributed by atoms with E-state index >= 15 is 0 Å². The number of rotatable bonds is 3. The van der Waals surface area contributed by atoms with Gasteiger partial charge in [-0.3, -0.25) is 4.79 Å². The largest absolute Gasteiger partial charge is 0.508 e. The predicted octanol–water partition coefficient (Wildman–Crippen LogP) is 2.90. The number of nitrogens with zero attached hydrogens (tertiary/aromatic N) is 1. The molecule has 3 amide bonds. The lowest BCUT2D eigenvalue weighted by atomic mass is 9.89. The third-order valence-corrected chi connectivity index (χ3v) is 4.52. The number of nitrogens with two attached hydrogens (primary N) is 1. The highest BCUT2D eigenvalue weighted by atomic mass is 16.3. The van der Waals surface area contributed by atoms with Crippen LogP contribution in [0.4, 0.5) is 10.5 Å². The third kappa shape index (κ3) is 4.09. The van der Waals surface area contributed by atoms with Crippen molar-refractivity contribution in [1.82, 2.24) is 4.90 Å². The lowest BCUT2D eigenvalue weighted by molar-refractivity contribution is 0.0713. The van der Waals surface area contributed by atoms with Crippen LogP contribution >= 0.6 is 0 Å². The highest BCUT2D eigenvalue weighted by molar-refractivity contribution is 5.96. The van der Waals surface area contributed by atoms with Gasteiger partial charge < -0.3 is 21.1 Å². The Bertz CT molecular complexity index is 766. The van der Waals surface area contributed by atoms with E-state index in [0.717, 1.165) is 12.8 Å². The van der Waals surface area contributed by atoms with Gasteiger partial charge in [0.1, 0.15) is 5.75 Å². The number of primary amides is 1. The molecule has 0 spiro atoms. The summed E-state index contributed by atoms with van der Waals surface area (Å²) in [4.78, 5) is 25.5. The average molecular weight is 339 g/mol. The van der Waals surface area contributed by atoms with Gasteiger partial charge >= 0.3 is 6.03 Å². The van der Waals surface area contributed by atoms with E-state index in [1.165, 1.54) is 5.56 Å². The zero-order valence-corrected chi connectivity index (χ0v) is 13.8. The number of nitrogens with one attached hydrogen (secondary N) is 1. The van der Waals surface area contributed by atoms with Crippen molar-refractivity contribution in [1.29, 1.82) is 0 Å². The standard InChI is InChI=1S/C19H21N3O3/c20-19(25)21-16-3-1-2-15(12-16)18(24)22-10-8-14(9-11-22)13-4-6-17(23)7-5-13/h1-7,12,14,23H,8-11H2,(H3,20,21,25). The molecule has 2 aromatic rings. The first-order valence-electron chi connectivity index (χ1n) is 8.27. The van der Waals surface area contributed by atoms with Crippen LogP contribution in [-0.2, 0) is 0 Å². The average Bonchev–Trinajstić information content (AvgIpc) is 2.62. The number of amides is 3. The Morgan fingerprint density at radius 3 is 2.40 bits per heavy atom. The van der Waals surface area contributed by atoms with Gasteiger partial charge in [0.05, 0.1) is 0 Å². The molecule has 6 heteroatoms. The van der Waals surface area contributed by atoms with Crippen molar-refractivity contribution in [3.05, 3.63) is 59.7 Å². The van der Waals surface area contributed by atoms with Crippen LogP contribution < -0.4 is 11.1 Å². The summed E-state index contributed by atoms with van der Waals surface area (Å²) in [5.41, 5.74) is 7.35. The summed E-state index contributed by atoms with van der Waals surface area (Å²) in [7, 11) is 0. The van der Waals surface area contributed by atoms with Gasteiger partial charge in [-0.2, -0.15) is 0 Å². The van der Waals surface area contributed by atoms with E-state index in [1.807, 2.05) is 17.0 Å².